The Morgan fingerprint density at radius 2 is 1.73 bits per heavy atom. The van der Waals surface area contributed by atoms with Crippen molar-refractivity contribution in [1.82, 2.24) is 4.90 Å². The first-order chi connectivity index (χ1) is 6.70. The monoisotopic (exact) mass is 289 g/mol. The number of hydrogen-bond donors (Lipinski definition) is 0. The van der Waals surface area contributed by atoms with Gasteiger partial charge in [-0.2, -0.15) is 0 Å². The van der Waals surface area contributed by atoms with E-state index in [9.17, 15) is 4.79 Å². The van der Waals surface area contributed by atoms with Crippen LogP contribution in [-0.4, -0.2) is 23.8 Å². The third kappa shape index (κ3) is 11.0. The molecule has 15 heavy (non-hydrogen) atoms. The van der Waals surface area contributed by atoms with Gasteiger partial charge in [-0.25, -0.2) is 0 Å². The second-order valence-electron chi connectivity index (χ2n) is 3.03. The van der Waals surface area contributed by atoms with Crippen molar-refractivity contribution in [3.63, 3.8) is 0 Å². The average molecular weight is 289 g/mol. The molecule has 1 fully saturated rings. The van der Waals surface area contributed by atoms with Gasteiger partial charge < -0.3 is 4.90 Å². The van der Waals surface area contributed by atoms with Gasteiger partial charge in [0.05, 0.1) is 0 Å². The number of carbonyl (C=O) groups excluding carboxylic acids is 1. The van der Waals surface area contributed by atoms with E-state index in [0.29, 0.717) is 5.78 Å². The number of carbonyl (C=O) groups is 1. The molecule has 0 aliphatic carbocycles. The van der Waals surface area contributed by atoms with E-state index in [1.807, 2.05) is 32.6 Å². The van der Waals surface area contributed by atoms with Gasteiger partial charge in [-0.05, 0) is 32.9 Å². The minimum absolute atomic E-state index is 0. The summed E-state index contributed by atoms with van der Waals surface area (Å²) in [4.78, 5) is 12.9. The summed E-state index contributed by atoms with van der Waals surface area (Å²) >= 11 is 0. The van der Waals surface area contributed by atoms with Crippen LogP contribution in [0.15, 0.2) is 0 Å². The van der Waals surface area contributed by atoms with E-state index >= 15 is 0 Å². The number of nitrogens with zero attached hydrogens (tertiary/aromatic N) is 1. The van der Waals surface area contributed by atoms with E-state index in [0.717, 1.165) is 25.9 Å². The molecule has 3 heteroatoms. The van der Waals surface area contributed by atoms with Gasteiger partial charge in [-0.15, -0.1) is 0 Å². The minimum atomic E-state index is 0. The maximum Gasteiger partial charge on any atom is 0.134 e. The van der Waals surface area contributed by atoms with Crippen molar-refractivity contribution in [2.75, 3.05) is 13.1 Å². The average Bonchev–Trinajstić information content (AvgIpc) is 2.24. The van der Waals surface area contributed by atoms with Crippen molar-refractivity contribution in [3.8, 4) is 0 Å². The molecule has 0 bridgehead atoms. The number of rotatable bonds is 1. The molecule has 0 aromatic heterocycles. The molecule has 0 spiro atoms. The summed E-state index contributed by atoms with van der Waals surface area (Å²) in [7, 11) is 3.81. The van der Waals surface area contributed by atoms with Crippen LogP contribution < -0.4 is 0 Å². The number of Topliss-reactive ketones (excluding diaryl/α,β-unsaturated/α-hetero) is 1. The molecule has 1 saturated heterocycles. The third-order valence-corrected chi connectivity index (χ3v) is 2.08. The van der Waals surface area contributed by atoms with Gasteiger partial charge in [0.1, 0.15) is 5.78 Å². The summed E-state index contributed by atoms with van der Waals surface area (Å²) in [5, 5.41) is 0. The molecule has 0 saturated carbocycles. The van der Waals surface area contributed by atoms with Crippen molar-refractivity contribution in [2.24, 2.45) is 5.92 Å². The Kier molecular flexibility index (Phi) is 20.7. The van der Waals surface area contributed by atoms with Crippen molar-refractivity contribution in [1.29, 1.82) is 0 Å². The van der Waals surface area contributed by atoms with Crippen LogP contribution in [0.2, 0.25) is 0 Å². The molecule has 1 unspecified atom stereocenters. The maximum absolute atomic E-state index is 10.9. The van der Waals surface area contributed by atoms with Gasteiger partial charge in [0.15, 0.2) is 0 Å². The maximum atomic E-state index is 10.9. The molecule has 1 rings (SSSR count). The summed E-state index contributed by atoms with van der Waals surface area (Å²) in [6.45, 7) is 11.6. The molecule has 1 aliphatic rings. The Balaban J connectivity index is -0.000000258. The van der Waals surface area contributed by atoms with E-state index < -0.39 is 0 Å². The van der Waals surface area contributed by atoms with Crippen LogP contribution in [-0.2, 0) is 37.5 Å². The van der Waals surface area contributed by atoms with Crippen LogP contribution in [0.5, 0.6) is 0 Å². The topological polar surface area (TPSA) is 20.3 Å². The molecule has 0 aromatic rings. The molecular formula is C12H26NOY-. The summed E-state index contributed by atoms with van der Waals surface area (Å²) in [5.41, 5.74) is 0. The molecule has 1 aliphatic heterocycles. The largest absolute Gasteiger partial charge is 0.459 e. The minimum Gasteiger partial charge on any atom is -0.459 e. The SMILES string of the molecule is CC.CC.[CH2-]N1CCCC(C(C)=O)C1.[Y]. The number of ketones is 1. The molecule has 1 radical (unpaired) electrons. The summed E-state index contributed by atoms with van der Waals surface area (Å²) < 4.78 is 0. The fourth-order valence-electron chi connectivity index (χ4n) is 1.39. The fourth-order valence-corrected chi connectivity index (χ4v) is 1.39. The molecule has 0 amide bonds. The first-order valence-corrected chi connectivity index (χ1v) is 5.76. The van der Waals surface area contributed by atoms with Crippen LogP contribution in [0.4, 0.5) is 0 Å². The standard InChI is InChI=1S/C8H14NO.2C2H6.Y/c1-7(10)8-4-3-5-9(2)6-8;2*1-2;/h8H,2-6H2,1H3;2*1-2H3;/q-1;;;. The molecule has 0 N–H and O–H groups in total. The number of likely N-dealkylation sites (tertiary alicyclic amines) is 1. The predicted molar refractivity (Wildman–Crippen MR) is 63.0 cm³/mol. The predicted octanol–water partition coefficient (Wildman–Crippen LogP) is 3.13. The summed E-state index contributed by atoms with van der Waals surface area (Å²) in [6, 6.07) is 0. The molecule has 1 atom stereocenters. The number of hydrogen-bond acceptors (Lipinski definition) is 2. The quantitative estimate of drug-likeness (QED) is 0.691. The Hall–Kier alpha value is 0.734. The normalized spacial score (nSPS) is 19.7. The van der Waals surface area contributed by atoms with E-state index in [4.69, 9.17) is 0 Å². The zero-order chi connectivity index (χ0) is 11.6. The van der Waals surface area contributed by atoms with Crippen LogP contribution in [0.3, 0.4) is 0 Å². The molecule has 0 aromatic carbocycles. The Labute approximate surface area is 121 Å². The van der Waals surface area contributed by atoms with Gasteiger partial charge in [0.2, 0.25) is 0 Å². The zero-order valence-corrected chi connectivity index (χ0v) is 13.9. The van der Waals surface area contributed by atoms with Crippen molar-refractivity contribution in [2.45, 2.75) is 47.5 Å². The molecule has 2 nitrogen and oxygen atoms in total. The molecule has 1 heterocycles. The Morgan fingerprint density at radius 1 is 1.27 bits per heavy atom. The Morgan fingerprint density at radius 3 is 2.00 bits per heavy atom. The summed E-state index contributed by atoms with van der Waals surface area (Å²) in [6.07, 6.45) is 2.18. The zero-order valence-electron chi connectivity index (χ0n) is 11.0. The van der Waals surface area contributed by atoms with Gasteiger partial charge in [-0.1, -0.05) is 27.7 Å². The third-order valence-electron chi connectivity index (χ3n) is 2.08. The van der Waals surface area contributed by atoms with Crippen LogP contribution in [0.1, 0.15) is 47.5 Å². The van der Waals surface area contributed by atoms with E-state index in [-0.39, 0.29) is 38.6 Å². The summed E-state index contributed by atoms with van der Waals surface area (Å²) in [5.74, 6) is 0.569. The number of piperidine rings is 1. The Bertz CT molecular complexity index is 140. The fraction of sp³-hybridized carbons (Fsp3) is 0.833. The second-order valence-corrected chi connectivity index (χ2v) is 3.03. The van der Waals surface area contributed by atoms with Crippen LogP contribution in [0, 0.1) is 13.0 Å². The first kappa shape index (κ1) is 21.1. The van der Waals surface area contributed by atoms with E-state index in [2.05, 4.69) is 7.05 Å². The molecule has 89 valence electrons. The smallest absolute Gasteiger partial charge is 0.134 e. The van der Waals surface area contributed by atoms with Gasteiger partial charge in [0, 0.05) is 38.6 Å². The van der Waals surface area contributed by atoms with Gasteiger partial charge in [0.25, 0.3) is 0 Å². The second kappa shape index (κ2) is 14.7. The van der Waals surface area contributed by atoms with E-state index in [1.165, 1.54) is 0 Å². The van der Waals surface area contributed by atoms with Crippen LogP contribution >= 0.6 is 0 Å². The van der Waals surface area contributed by atoms with Gasteiger partial charge >= 0.3 is 0 Å². The van der Waals surface area contributed by atoms with Crippen molar-refractivity contribution >= 4 is 5.78 Å². The van der Waals surface area contributed by atoms with Crippen molar-refractivity contribution in [3.05, 3.63) is 7.05 Å². The van der Waals surface area contributed by atoms with Gasteiger partial charge in [-0.3, -0.25) is 11.8 Å². The van der Waals surface area contributed by atoms with E-state index in [1.54, 1.807) is 6.92 Å². The first-order valence-electron chi connectivity index (χ1n) is 5.76. The molecular weight excluding hydrogens is 263 g/mol. The van der Waals surface area contributed by atoms with Crippen molar-refractivity contribution < 1.29 is 37.5 Å². The van der Waals surface area contributed by atoms with Crippen LogP contribution in [0.25, 0.3) is 0 Å².